The molecule has 0 fully saturated rings. The summed E-state index contributed by atoms with van der Waals surface area (Å²) >= 11 is 0. The van der Waals surface area contributed by atoms with E-state index in [1.165, 1.54) is 4.57 Å². The number of carbonyl (C=O) groups is 1. The van der Waals surface area contributed by atoms with Crippen molar-refractivity contribution >= 4 is 5.97 Å². The maximum absolute atomic E-state index is 12.3. The molecule has 5 heteroatoms. The van der Waals surface area contributed by atoms with Gasteiger partial charge in [-0.1, -0.05) is 13.8 Å². The largest absolute Gasteiger partial charge is 0.464 e. The van der Waals surface area contributed by atoms with Crippen molar-refractivity contribution in [3.05, 3.63) is 34.2 Å². The highest BCUT2D eigenvalue weighted by Crippen LogP contribution is 2.18. The summed E-state index contributed by atoms with van der Waals surface area (Å²) < 4.78 is 6.59. The SMILES string of the molecule is CCOC(=O)C(CC(C)C)n1ccc(CN(C)C)cc1=O. The minimum atomic E-state index is -0.550. The van der Waals surface area contributed by atoms with Gasteiger partial charge in [-0.2, -0.15) is 0 Å². The molecule has 1 atom stereocenters. The number of aromatic nitrogens is 1. The van der Waals surface area contributed by atoms with E-state index in [0.717, 1.165) is 5.56 Å². The van der Waals surface area contributed by atoms with E-state index in [9.17, 15) is 9.59 Å². The molecule has 0 saturated carbocycles. The lowest BCUT2D eigenvalue weighted by atomic mass is 10.0. The van der Waals surface area contributed by atoms with Crippen LogP contribution in [0.15, 0.2) is 23.1 Å². The summed E-state index contributed by atoms with van der Waals surface area (Å²) in [6.45, 7) is 6.84. The molecule has 0 radical (unpaired) electrons. The quantitative estimate of drug-likeness (QED) is 0.722. The molecule has 1 rings (SSSR count). The smallest absolute Gasteiger partial charge is 0.329 e. The molecule has 1 aromatic heterocycles. The first-order valence-electron chi connectivity index (χ1n) is 7.37. The molecule has 1 heterocycles. The summed E-state index contributed by atoms with van der Waals surface area (Å²) in [5.74, 6) is -0.0404. The molecule has 21 heavy (non-hydrogen) atoms. The van der Waals surface area contributed by atoms with Gasteiger partial charge >= 0.3 is 5.97 Å². The predicted octanol–water partition coefficient (Wildman–Crippen LogP) is 2.06. The van der Waals surface area contributed by atoms with Crippen molar-refractivity contribution in [2.75, 3.05) is 20.7 Å². The van der Waals surface area contributed by atoms with Crippen LogP contribution in [0.1, 0.15) is 38.8 Å². The fraction of sp³-hybridized carbons (Fsp3) is 0.625. The lowest BCUT2D eigenvalue weighted by molar-refractivity contribution is -0.147. The lowest BCUT2D eigenvalue weighted by Crippen LogP contribution is -2.32. The normalized spacial score (nSPS) is 12.7. The van der Waals surface area contributed by atoms with Gasteiger partial charge in [-0.05, 0) is 45.0 Å². The molecule has 0 amide bonds. The summed E-state index contributed by atoms with van der Waals surface area (Å²) in [6, 6.07) is 2.92. The van der Waals surface area contributed by atoms with E-state index in [4.69, 9.17) is 4.74 Å². The minimum Gasteiger partial charge on any atom is -0.464 e. The van der Waals surface area contributed by atoms with Crippen LogP contribution in [-0.2, 0) is 16.1 Å². The van der Waals surface area contributed by atoms with Gasteiger partial charge in [-0.3, -0.25) is 4.79 Å². The molecule has 5 nitrogen and oxygen atoms in total. The van der Waals surface area contributed by atoms with Gasteiger partial charge < -0.3 is 14.2 Å². The summed E-state index contributed by atoms with van der Waals surface area (Å²) in [5, 5.41) is 0. The molecule has 0 aliphatic rings. The Kier molecular flexibility index (Phi) is 6.62. The van der Waals surface area contributed by atoms with E-state index in [1.54, 1.807) is 19.2 Å². The van der Waals surface area contributed by atoms with E-state index in [1.807, 2.05) is 38.9 Å². The standard InChI is InChI=1S/C16H26N2O3/c1-6-21-16(20)14(9-12(2)3)18-8-7-13(10-15(18)19)11-17(4)5/h7-8,10,12,14H,6,9,11H2,1-5H3. The minimum absolute atomic E-state index is 0.159. The number of nitrogens with zero attached hydrogens (tertiary/aromatic N) is 2. The van der Waals surface area contributed by atoms with Crippen LogP contribution < -0.4 is 5.56 Å². The van der Waals surface area contributed by atoms with Crippen molar-refractivity contribution in [2.45, 2.75) is 39.8 Å². The molecule has 0 saturated heterocycles. The summed E-state index contributed by atoms with van der Waals surface area (Å²) in [7, 11) is 3.90. The Morgan fingerprint density at radius 3 is 2.52 bits per heavy atom. The van der Waals surface area contributed by atoms with Gasteiger partial charge in [0.1, 0.15) is 6.04 Å². The van der Waals surface area contributed by atoms with Crippen LogP contribution in [0, 0.1) is 5.92 Å². The lowest BCUT2D eigenvalue weighted by Gasteiger charge is -2.20. The summed E-state index contributed by atoms with van der Waals surface area (Å²) in [6.07, 6.45) is 2.29. The van der Waals surface area contributed by atoms with Crippen LogP contribution in [0.5, 0.6) is 0 Å². The van der Waals surface area contributed by atoms with Crippen molar-refractivity contribution in [2.24, 2.45) is 5.92 Å². The van der Waals surface area contributed by atoms with Gasteiger partial charge in [0.05, 0.1) is 6.61 Å². The van der Waals surface area contributed by atoms with Crippen LogP contribution >= 0.6 is 0 Å². The van der Waals surface area contributed by atoms with E-state index in [2.05, 4.69) is 0 Å². The first kappa shape index (κ1) is 17.4. The number of carbonyl (C=O) groups excluding carboxylic acids is 1. The average Bonchev–Trinajstić information content (AvgIpc) is 2.36. The summed E-state index contributed by atoms with van der Waals surface area (Å²) in [4.78, 5) is 26.4. The van der Waals surface area contributed by atoms with Crippen molar-refractivity contribution in [1.82, 2.24) is 9.47 Å². The highest BCUT2D eigenvalue weighted by atomic mass is 16.5. The number of hydrogen-bond acceptors (Lipinski definition) is 4. The Balaban J connectivity index is 3.07. The molecule has 0 bridgehead atoms. The second-order valence-corrected chi connectivity index (χ2v) is 5.92. The van der Waals surface area contributed by atoms with Crippen molar-refractivity contribution < 1.29 is 9.53 Å². The van der Waals surface area contributed by atoms with Crippen LogP contribution in [0.4, 0.5) is 0 Å². The van der Waals surface area contributed by atoms with Crippen LogP contribution in [-0.4, -0.2) is 36.1 Å². The van der Waals surface area contributed by atoms with E-state index in [0.29, 0.717) is 25.5 Å². The fourth-order valence-electron chi connectivity index (χ4n) is 2.26. The van der Waals surface area contributed by atoms with Gasteiger partial charge in [0.15, 0.2) is 0 Å². The summed E-state index contributed by atoms with van der Waals surface area (Å²) in [5.41, 5.74) is 0.779. The number of esters is 1. The van der Waals surface area contributed by atoms with Crippen molar-refractivity contribution in [3.63, 3.8) is 0 Å². The maximum atomic E-state index is 12.3. The van der Waals surface area contributed by atoms with Crippen molar-refractivity contribution in [1.29, 1.82) is 0 Å². The van der Waals surface area contributed by atoms with E-state index in [-0.39, 0.29) is 11.5 Å². The highest BCUT2D eigenvalue weighted by Gasteiger charge is 2.23. The zero-order valence-electron chi connectivity index (χ0n) is 13.6. The van der Waals surface area contributed by atoms with Crippen LogP contribution in [0.3, 0.4) is 0 Å². The first-order chi connectivity index (χ1) is 9.85. The molecule has 1 aromatic rings. The Hall–Kier alpha value is -1.62. The van der Waals surface area contributed by atoms with Crippen LogP contribution in [0.2, 0.25) is 0 Å². The van der Waals surface area contributed by atoms with E-state index < -0.39 is 6.04 Å². The van der Waals surface area contributed by atoms with Gasteiger partial charge in [0.25, 0.3) is 5.56 Å². The fourth-order valence-corrected chi connectivity index (χ4v) is 2.26. The topological polar surface area (TPSA) is 51.5 Å². The molecule has 0 aromatic carbocycles. The predicted molar refractivity (Wildman–Crippen MR) is 83.2 cm³/mol. The molecule has 0 aliphatic heterocycles. The second-order valence-electron chi connectivity index (χ2n) is 5.92. The van der Waals surface area contributed by atoms with Crippen LogP contribution in [0.25, 0.3) is 0 Å². The molecular weight excluding hydrogens is 268 g/mol. The van der Waals surface area contributed by atoms with E-state index >= 15 is 0 Å². The zero-order valence-corrected chi connectivity index (χ0v) is 13.6. The highest BCUT2D eigenvalue weighted by molar-refractivity contribution is 5.74. The Morgan fingerprint density at radius 2 is 2.05 bits per heavy atom. The molecule has 1 unspecified atom stereocenters. The molecule has 0 N–H and O–H groups in total. The van der Waals surface area contributed by atoms with Crippen molar-refractivity contribution in [3.8, 4) is 0 Å². The van der Waals surface area contributed by atoms with Gasteiger partial charge in [0, 0.05) is 18.8 Å². The molecule has 118 valence electrons. The number of hydrogen-bond donors (Lipinski definition) is 0. The number of ether oxygens (including phenoxy) is 1. The monoisotopic (exact) mass is 294 g/mol. The maximum Gasteiger partial charge on any atom is 0.329 e. The Morgan fingerprint density at radius 1 is 1.38 bits per heavy atom. The molecular formula is C16H26N2O3. The third-order valence-corrected chi connectivity index (χ3v) is 3.10. The Bertz CT molecular complexity index is 520. The number of rotatable bonds is 7. The zero-order chi connectivity index (χ0) is 16.0. The third kappa shape index (κ3) is 5.34. The average molecular weight is 294 g/mol. The molecule has 0 aliphatic carbocycles. The van der Waals surface area contributed by atoms with Gasteiger partial charge in [-0.15, -0.1) is 0 Å². The van der Waals surface area contributed by atoms with Gasteiger partial charge in [-0.25, -0.2) is 4.79 Å². The first-order valence-corrected chi connectivity index (χ1v) is 7.37. The molecule has 0 spiro atoms. The third-order valence-electron chi connectivity index (χ3n) is 3.10. The second kappa shape index (κ2) is 7.98. The number of pyridine rings is 1. The van der Waals surface area contributed by atoms with Gasteiger partial charge in [0.2, 0.25) is 0 Å². The Labute approximate surface area is 126 Å².